The van der Waals surface area contributed by atoms with Crippen LogP contribution in [0, 0.1) is 0 Å². The van der Waals surface area contributed by atoms with E-state index in [0.29, 0.717) is 5.92 Å². The first-order valence-corrected chi connectivity index (χ1v) is 6.35. The van der Waals surface area contributed by atoms with Crippen LogP contribution < -0.4 is 5.32 Å². The number of nitrogens with zero attached hydrogens (tertiary/aromatic N) is 4. The molecule has 0 amide bonds. The number of aryl methyl sites for hydroxylation is 1. The molecule has 1 N–H and O–H groups in total. The number of hydrogen-bond donors (Lipinski definition) is 1. The van der Waals surface area contributed by atoms with E-state index in [-0.39, 0.29) is 0 Å². The summed E-state index contributed by atoms with van der Waals surface area (Å²) in [5.74, 6) is 2.78. The molecular formula is C12H19N5. The quantitative estimate of drug-likeness (QED) is 0.872. The Morgan fingerprint density at radius 2 is 2.18 bits per heavy atom. The second-order valence-electron chi connectivity index (χ2n) is 4.91. The van der Waals surface area contributed by atoms with Crippen molar-refractivity contribution in [2.24, 2.45) is 7.05 Å². The van der Waals surface area contributed by atoms with Crippen molar-refractivity contribution in [1.29, 1.82) is 0 Å². The summed E-state index contributed by atoms with van der Waals surface area (Å²) in [4.78, 5) is 4.59. The minimum Gasteiger partial charge on any atom is -0.314 e. The molecule has 17 heavy (non-hydrogen) atoms. The lowest BCUT2D eigenvalue weighted by molar-refractivity contribution is 0.628. The van der Waals surface area contributed by atoms with E-state index in [0.717, 1.165) is 18.0 Å². The predicted octanol–water partition coefficient (Wildman–Crippen LogP) is 1.44. The Hall–Kier alpha value is -1.36. The van der Waals surface area contributed by atoms with E-state index in [2.05, 4.69) is 27.0 Å². The fourth-order valence-corrected chi connectivity index (χ4v) is 2.80. The van der Waals surface area contributed by atoms with Crippen molar-refractivity contribution in [3.63, 3.8) is 0 Å². The van der Waals surface area contributed by atoms with Gasteiger partial charge in [-0.2, -0.15) is 5.10 Å². The lowest BCUT2D eigenvalue weighted by atomic mass is 10.1. The molecule has 5 nitrogen and oxygen atoms in total. The average Bonchev–Trinajstić information content (AvgIpc) is 2.97. The molecule has 5 heteroatoms. The molecule has 2 aromatic heterocycles. The molecule has 0 radical (unpaired) electrons. The molecule has 92 valence electrons. The fraction of sp³-hybridized carbons (Fsp3) is 0.667. The maximum Gasteiger partial charge on any atom is 0.232 e. The highest BCUT2D eigenvalue weighted by Gasteiger charge is 2.23. The Kier molecular flexibility index (Phi) is 2.63. The fourth-order valence-electron chi connectivity index (χ4n) is 2.80. The molecule has 1 saturated carbocycles. The van der Waals surface area contributed by atoms with Crippen LogP contribution in [0.15, 0.2) is 6.20 Å². The van der Waals surface area contributed by atoms with Gasteiger partial charge in [-0.3, -0.25) is 4.57 Å². The Labute approximate surface area is 101 Å². The topological polar surface area (TPSA) is 47.1 Å². The third kappa shape index (κ3) is 1.74. The standard InChI is InChI=1S/C12H19N5/c1-13-7-10-8-17-12(14-10)16(2)11(15-17)9-5-3-4-6-9/h8-9,13H,3-7H2,1-2H3. The summed E-state index contributed by atoms with van der Waals surface area (Å²) in [7, 11) is 4.01. The summed E-state index contributed by atoms with van der Waals surface area (Å²) in [5, 5.41) is 7.80. The second-order valence-corrected chi connectivity index (χ2v) is 4.91. The van der Waals surface area contributed by atoms with Crippen LogP contribution in [0.4, 0.5) is 0 Å². The second kappa shape index (κ2) is 4.14. The average molecular weight is 233 g/mol. The van der Waals surface area contributed by atoms with E-state index in [9.17, 15) is 0 Å². The van der Waals surface area contributed by atoms with Crippen LogP contribution in [0.3, 0.4) is 0 Å². The SMILES string of the molecule is CNCc1cn2nc(C3CCCC3)n(C)c2n1. The van der Waals surface area contributed by atoms with Gasteiger partial charge in [0.2, 0.25) is 5.78 Å². The van der Waals surface area contributed by atoms with Crippen LogP contribution in [0.5, 0.6) is 0 Å². The summed E-state index contributed by atoms with van der Waals surface area (Å²) >= 11 is 0. The number of fused-ring (bicyclic) bond motifs is 1. The number of rotatable bonds is 3. The molecule has 0 bridgehead atoms. The lowest BCUT2D eigenvalue weighted by Crippen LogP contribution is -2.06. The largest absolute Gasteiger partial charge is 0.314 e. The van der Waals surface area contributed by atoms with E-state index in [1.165, 1.54) is 31.5 Å². The summed E-state index contributed by atoms with van der Waals surface area (Å²) in [5.41, 5.74) is 1.04. The summed E-state index contributed by atoms with van der Waals surface area (Å²) in [6.07, 6.45) is 7.24. The van der Waals surface area contributed by atoms with E-state index < -0.39 is 0 Å². The summed E-state index contributed by atoms with van der Waals surface area (Å²) in [6.45, 7) is 0.794. The van der Waals surface area contributed by atoms with Crippen LogP contribution in [0.2, 0.25) is 0 Å². The molecule has 1 aliphatic carbocycles. The van der Waals surface area contributed by atoms with Gasteiger partial charge in [-0.15, -0.1) is 0 Å². The van der Waals surface area contributed by atoms with Crippen LogP contribution in [0.25, 0.3) is 5.78 Å². The molecule has 0 saturated heterocycles. The zero-order valence-electron chi connectivity index (χ0n) is 10.5. The lowest BCUT2D eigenvalue weighted by Gasteiger charge is -2.06. The Morgan fingerprint density at radius 3 is 2.82 bits per heavy atom. The van der Waals surface area contributed by atoms with E-state index in [1.807, 2.05) is 17.8 Å². The maximum atomic E-state index is 4.69. The van der Waals surface area contributed by atoms with Crippen molar-refractivity contribution in [2.75, 3.05) is 7.05 Å². The summed E-state index contributed by atoms with van der Waals surface area (Å²) in [6, 6.07) is 0. The van der Waals surface area contributed by atoms with Gasteiger partial charge in [0.15, 0.2) is 0 Å². The van der Waals surface area contributed by atoms with Crippen molar-refractivity contribution >= 4 is 5.78 Å². The highest BCUT2D eigenvalue weighted by Crippen LogP contribution is 2.33. The van der Waals surface area contributed by atoms with Gasteiger partial charge in [-0.05, 0) is 19.9 Å². The minimum absolute atomic E-state index is 0.634. The Balaban J connectivity index is 1.98. The van der Waals surface area contributed by atoms with E-state index >= 15 is 0 Å². The van der Waals surface area contributed by atoms with E-state index in [1.54, 1.807) is 0 Å². The number of aromatic nitrogens is 4. The molecule has 2 aromatic rings. The Morgan fingerprint density at radius 1 is 1.41 bits per heavy atom. The molecule has 0 aliphatic heterocycles. The zero-order chi connectivity index (χ0) is 11.8. The van der Waals surface area contributed by atoms with Gasteiger partial charge in [0, 0.05) is 19.5 Å². The van der Waals surface area contributed by atoms with Crippen LogP contribution >= 0.6 is 0 Å². The molecule has 2 heterocycles. The van der Waals surface area contributed by atoms with Crippen molar-refractivity contribution in [3.05, 3.63) is 17.7 Å². The summed E-state index contributed by atoms with van der Waals surface area (Å²) < 4.78 is 4.06. The number of nitrogens with one attached hydrogen (secondary N) is 1. The van der Waals surface area contributed by atoms with E-state index in [4.69, 9.17) is 0 Å². The predicted molar refractivity (Wildman–Crippen MR) is 65.9 cm³/mol. The molecule has 0 aromatic carbocycles. The van der Waals surface area contributed by atoms with Crippen LogP contribution in [-0.2, 0) is 13.6 Å². The van der Waals surface area contributed by atoms with Gasteiger partial charge in [-0.25, -0.2) is 9.50 Å². The highest BCUT2D eigenvalue weighted by molar-refractivity contribution is 5.32. The van der Waals surface area contributed by atoms with Gasteiger partial charge in [-0.1, -0.05) is 12.8 Å². The molecular weight excluding hydrogens is 214 g/mol. The minimum atomic E-state index is 0.634. The van der Waals surface area contributed by atoms with Crippen LogP contribution in [0.1, 0.15) is 43.1 Å². The van der Waals surface area contributed by atoms with Gasteiger partial charge in [0.05, 0.1) is 11.9 Å². The Bertz CT molecular complexity index is 518. The molecule has 3 rings (SSSR count). The first-order valence-electron chi connectivity index (χ1n) is 6.35. The normalized spacial score (nSPS) is 17.3. The molecule has 0 spiro atoms. The van der Waals surface area contributed by atoms with Gasteiger partial charge < -0.3 is 5.32 Å². The van der Waals surface area contributed by atoms with Gasteiger partial charge in [0.1, 0.15) is 5.82 Å². The van der Waals surface area contributed by atoms with Crippen molar-refractivity contribution in [1.82, 2.24) is 24.5 Å². The molecule has 0 atom stereocenters. The highest BCUT2D eigenvalue weighted by atomic mass is 15.4. The smallest absolute Gasteiger partial charge is 0.232 e. The van der Waals surface area contributed by atoms with Crippen molar-refractivity contribution in [3.8, 4) is 0 Å². The number of imidazole rings is 1. The molecule has 1 fully saturated rings. The first-order chi connectivity index (χ1) is 8.29. The van der Waals surface area contributed by atoms with Crippen LogP contribution in [-0.4, -0.2) is 26.2 Å². The number of hydrogen-bond acceptors (Lipinski definition) is 3. The van der Waals surface area contributed by atoms with Crippen molar-refractivity contribution in [2.45, 2.75) is 38.1 Å². The third-order valence-electron chi connectivity index (χ3n) is 3.65. The molecule has 1 aliphatic rings. The first kappa shape index (κ1) is 10.8. The van der Waals surface area contributed by atoms with Crippen molar-refractivity contribution < 1.29 is 0 Å². The maximum absolute atomic E-state index is 4.69. The zero-order valence-corrected chi connectivity index (χ0v) is 10.5. The van der Waals surface area contributed by atoms with Gasteiger partial charge >= 0.3 is 0 Å². The molecule has 0 unspecified atom stereocenters. The van der Waals surface area contributed by atoms with Gasteiger partial charge in [0.25, 0.3) is 0 Å². The third-order valence-corrected chi connectivity index (χ3v) is 3.65. The monoisotopic (exact) mass is 233 g/mol.